The number of rotatable bonds is 4. The zero-order valence-electron chi connectivity index (χ0n) is 16.0. The summed E-state index contributed by atoms with van der Waals surface area (Å²) in [5.74, 6) is 0.507. The number of nitrogens with one attached hydrogen (secondary N) is 1. The van der Waals surface area contributed by atoms with Gasteiger partial charge < -0.3 is 24.8 Å². The van der Waals surface area contributed by atoms with Crippen molar-refractivity contribution in [2.45, 2.75) is 58.5 Å². The molecule has 2 amide bonds. The molecule has 1 aliphatic heterocycles. The number of aliphatic hydroxyl groups excluding tert-OH is 1. The average Bonchev–Trinajstić information content (AvgIpc) is 2.87. The molecule has 3 atom stereocenters. The maximum absolute atomic E-state index is 12.1. The highest BCUT2D eigenvalue weighted by Gasteiger charge is 2.37. The first-order valence-corrected chi connectivity index (χ1v) is 8.75. The largest absolute Gasteiger partial charge is 0.486 e. The van der Waals surface area contributed by atoms with Gasteiger partial charge in [-0.25, -0.2) is 4.79 Å². The lowest BCUT2D eigenvalue weighted by Crippen LogP contribution is -2.36. The molecule has 7 nitrogen and oxygen atoms in total. The second-order valence-electron chi connectivity index (χ2n) is 7.60. The molecule has 0 aromatic heterocycles. The van der Waals surface area contributed by atoms with Gasteiger partial charge in [-0.05, 0) is 45.4 Å². The normalized spacial score (nSPS) is 21.2. The van der Waals surface area contributed by atoms with Crippen LogP contribution in [0.1, 0.15) is 46.2 Å². The standard InChI is InChI=1S/C19H28N2O5/c1-12(20-13(2)22)14-6-8-15(9-7-14)25-17-11-21(10-16(17)23)18(24)26-19(3,4)5/h6-9,12,16-17,23H,10-11H2,1-5H3,(H,20,22)/t12-,16?,17-/m0/s1. The molecule has 0 bridgehead atoms. The van der Waals surface area contributed by atoms with E-state index in [-0.39, 0.29) is 25.0 Å². The molecule has 1 saturated heterocycles. The Balaban J connectivity index is 1.94. The van der Waals surface area contributed by atoms with Crippen molar-refractivity contribution in [3.63, 3.8) is 0 Å². The molecule has 1 aromatic carbocycles. The smallest absolute Gasteiger partial charge is 0.410 e. The minimum absolute atomic E-state index is 0.0888. The first-order valence-electron chi connectivity index (χ1n) is 8.75. The number of nitrogens with zero attached hydrogens (tertiary/aromatic N) is 1. The molecule has 144 valence electrons. The van der Waals surface area contributed by atoms with Gasteiger partial charge in [-0.3, -0.25) is 4.79 Å². The van der Waals surface area contributed by atoms with Crippen LogP contribution in [0.25, 0.3) is 0 Å². The lowest BCUT2D eigenvalue weighted by atomic mass is 10.1. The number of hydrogen-bond donors (Lipinski definition) is 2. The van der Waals surface area contributed by atoms with Crippen LogP contribution >= 0.6 is 0 Å². The minimum Gasteiger partial charge on any atom is -0.486 e. The van der Waals surface area contributed by atoms with E-state index >= 15 is 0 Å². The lowest BCUT2D eigenvalue weighted by Gasteiger charge is -2.24. The molecule has 0 radical (unpaired) electrons. The maximum atomic E-state index is 12.1. The van der Waals surface area contributed by atoms with Gasteiger partial charge in [0.05, 0.1) is 19.1 Å². The lowest BCUT2D eigenvalue weighted by molar-refractivity contribution is -0.119. The topological polar surface area (TPSA) is 88.1 Å². The molecular formula is C19H28N2O5. The Labute approximate surface area is 154 Å². The van der Waals surface area contributed by atoms with Crippen LogP contribution in [0.15, 0.2) is 24.3 Å². The van der Waals surface area contributed by atoms with Gasteiger partial charge in [0.25, 0.3) is 0 Å². The van der Waals surface area contributed by atoms with Crippen molar-refractivity contribution in [3.8, 4) is 5.75 Å². The highest BCUT2D eigenvalue weighted by molar-refractivity contribution is 5.73. The summed E-state index contributed by atoms with van der Waals surface area (Å²) >= 11 is 0. The predicted molar refractivity (Wildman–Crippen MR) is 96.9 cm³/mol. The molecule has 26 heavy (non-hydrogen) atoms. The number of amides is 2. The van der Waals surface area contributed by atoms with E-state index < -0.39 is 23.9 Å². The number of likely N-dealkylation sites (tertiary alicyclic amines) is 1. The summed E-state index contributed by atoms with van der Waals surface area (Å²) in [5.41, 5.74) is 0.372. The molecule has 2 rings (SSSR count). The van der Waals surface area contributed by atoms with E-state index in [1.165, 1.54) is 11.8 Å². The van der Waals surface area contributed by atoms with E-state index in [0.717, 1.165) is 5.56 Å². The van der Waals surface area contributed by atoms with Gasteiger partial charge in [-0.15, -0.1) is 0 Å². The fourth-order valence-electron chi connectivity index (χ4n) is 2.75. The third-order valence-electron chi connectivity index (χ3n) is 3.98. The Kier molecular flexibility index (Phi) is 6.13. The molecule has 0 aliphatic carbocycles. The van der Waals surface area contributed by atoms with E-state index in [4.69, 9.17) is 9.47 Å². The number of carbonyl (C=O) groups excluding carboxylic acids is 2. The summed E-state index contributed by atoms with van der Waals surface area (Å²) in [4.78, 5) is 24.7. The summed E-state index contributed by atoms with van der Waals surface area (Å²) in [6, 6.07) is 7.21. The second-order valence-corrected chi connectivity index (χ2v) is 7.60. The van der Waals surface area contributed by atoms with Crippen LogP contribution in [0.2, 0.25) is 0 Å². The molecule has 2 N–H and O–H groups in total. The monoisotopic (exact) mass is 364 g/mol. The van der Waals surface area contributed by atoms with Crippen LogP contribution in [0.4, 0.5) is 4.79 Å². The number of benzene rings is 1. The Morgan fingerprint density at radius 2 is 1.85 bits per heavy atom. The van der Waals surface area contributed by atoms with Crippen LogP contribution in [-0.2, 0) is 9.53 Å². The van der Waals surface area contributed by atoms with Gasteiger partial charge in [0.2, 0.25) is 5.91 Å². The fourth-order valence-corrected chi connectivity index (χ4v) is 2.75. The van der Waals surface area contributed by atoms with Crippen LogP contribution in [0, 0.1) is 0 Å². The predicted octanol–water partition coefficient (Wildman–Crippen LogP) is 2.24. The van der Waals surface area contributed by atoms with E-state index in [0.29, 0.717) is 5.75 Å². The van der Waals surface area contributed by atoms with E-state index in [9.17, 15) is 14.7 Å². The summed E-state index contributed by atoms with van der Waals surface area (Å²) in [6.45, 7) is 9.22. The van der Waals surface area contributed by atoms with Crippen LogP contribution < -0.4 is 10.1 Å². The van der Waals surface area contributed by atoms with Gasteiger partial charge in [0.1, 0.15) is 23.6 Å². The van der Waals surface area contributed by atoms with Gasteiger partial charge in [0, 0.05) is 6.92 Å². The second kappa shape index (κ2) is 7.95. The third kappa shape index (κ3) is 5.62. The molecule has 7 heteroatoms. The molecule has 1 aliphatic rings. The minimum atomic E-state index is -0.777. The van der Waals surface area contributed by atoms with Crippen LogP contribution in [-0.4, -0.2) is 52.9 Å². The number of carbonyl (C=O) groups is 2. The molecule has 1 unspecified atom stereocenters. The van der Waals surface area contributed by atoms with Crippen LogP contribution in [0.3, 0.4) is 0 Å². The zero-order chi connectivity index (χ0) is 19.5. The van der Waals surface area contributed by atoms with Crippen molar-refractivity contribution in [1.29, 1.82) is 0 Å². The Hall–Kier alpha value is -2.28. The van der Waals surface area contributed by atoms with Crippen molar-refractivity contribution in [1.82, 2.24) is 10.2 Å². The van der Waals surface area contributed by atoms with Gasteiger partial charge in [0.15, 0.2) is 0 Å². The number of aliphatic hydroxyl groups is 1. The van der Waals surface area contributed by atoms with E-state index in [2.05, 4.69) is 5.32 Å². The number of ether oxygens (including phenoxy) is 2. The van der Waals surface area contributed by atoms with Crippen molar-refractivity contribution >= 4 is 12.0 Å². The molecule has 1 aromatic rings. The Bertz CT molecular complexity index is 638. The summed E-state index contributed by atoms with van der Waals surface area (Å²) in [5, 5.41) is 13.0. The van der Waals surface area contributed by atoms with Gasteiger partial charge in [-0.2, -0.15) is 0 Å². The highest BCUT2D eigenvalue weighted by atomic mass is 16.6. The summed E-state index contributed by atoms with van der Waals surface area (Å²) in [7, 11) is 0. The molecular weight excluding hydrogens is 336 g/mol. The SMILES string of the molecule is CC(=O)N[C@@H](C)c1ccc(O[C@H]2CN(C(=O)OC(C)(C)C)CC2O)cc1. The van der Waals surface area contributed by atoms with Crippen molar-refractivity contribution in [2.75, 3.05) is 13.1 Å². The fraction of sp³-hybridized carbons (Fsp3) is 0.579. The summed E-state index contributed by atoms with van der Waals surface area (Å²) < 4.78 is 11.2. The van der Waals surface area contributed by atoms with Crippen molar-refractivity contribution in [2.24, 2.45) is 0 Å². The van der Waals surface area contributed by atoms with E-state index in [1.54, 1.807) is 32.9 Å². The quantitative estimate of drug-likeness (QED) is 0.855. The first kappa shape index (κ1) is 20.0. The molecule has 0 saturated carbocycles. The third-order valence-corrected chi connectivity index (χ3v) is 3.98. The maximum Gasteiger partial charge on any atom is 0.410 e. The Morgan fingerprint density at radius 3 is 2.38 bits per heavy atom. The van der Waals surface area contributed by atoms with E-state index in [1.807, 2.05) is 19.1 Å². The first-order chi connectivity index (χ1) is 12.0. The molecule has 1 fully saturated rings. The highest BCUT2D eigenvalue weighted by Crippen LogP contribution is 2.23. The van der Waals surface area contributed by atoms with Crippen molar-refractivity contribution in [3.05, 3.63) is 29.8 Å². The average molecular weight is 364 g/mol. The Morgan fingerprint density at radius 1 is 1.23 bits per heavy atom. The summed E-state index contributed by atoms with van der Waals surface area (Å²) in [6.07, 6.45) is -1.75. The molecule has 1 heterocycles. The number of hydrogen-bond acceptors (Lipinski definition) is 5. The molecule has 0 spiro atoms. The number of β-amino-alcohol motifs (C(OH)–C–C–N with tert-alkyl or cyclic N) is 1. The zero-order valence-corrected chi connectivity index (χ0v) is 16.0. The van der Waals surface area contributed by atoms with Gasteiger partial charge >= 0.3 is 6.09 Å². The van der Waals surface area contributed by atoms with Crippen molar-refractivity contribution < 1.29 is 24.2 Å². The van der Waals surface area contributed by atoms with Gasteiger partial charge in [-0.1, -0.05) is 12.1 Å². The van der Waals surface area contributed by atoms with Crippen LogP contribution in [0.5, 0.6) is 5.75 Å².